The first-order chi connectivity index (χ1) is 17.3. The zero-order valence-corrected chi connectivity index (χ0v) is 20.4. The van der Waals surface area contributed by atoms with Gasteiger partial charge in [-0.05, 0) is 54.6 Å². The molecule has 0 bridgehead atoms. The maximum absolute atomic E-state index is 13.0. The molecule has 0 aliphatic carbocycles. The second kappa shape index (κ2) is 9.31. The number of ketones is 1. The number of sulfone groups is 1. The van der Waals surface area contributed by atoms with Crippen molar-refractivity contribution in [2.24, 2.45) is 0 Å². The van der Waals surface area contributed by atoms with Crippen LogP contribution < -0.4 is 4.74 Å². The molecule has 0 N–H and O–H groups in total. The van der Waals surface area contributed by atoms with Crippen LogP contribution in [0, 0.1) is 0 Å². The van der Waals surface area contributed by atoms with Gasteiger partial charge in [-0.1, -0.05) is 36.4 Å². The van der Waals surface area contributed by atoms with Crippen LogP contribution in [-0.2, 0) is 9.84 Å². The molecule has 0 radical (unpaired) electrons. The molecule has 8 heteroatoms. The number of hydrogen-bond donors (Lipinski definition) is 0. The number of carbonyl (C=O) groups excluding carboxylic acids is 1. The lowest BCUT2D eigenvalue weighted by molar-refractivity contribution is 0.104. The monoisotopic (exact) mass is 498 g/mol. The molecule has 2 aromatic heterocycles. The van der Waals surface area contributed by atoms with Crippen LogP contribution in [0.5, 0.6) is 5.75 Å². The lowest BCUT2D eigenvalue weighted by atomic mass is 10.1. The number of allylic oxidation sites excluding steroid dienone is 1. The molecule has 5 aromatic rings. The van der Waals surface area contributed by atoms with Gasteiger partial charge in [0.15, 0.2) is 21.4 Å². The van der Waals surface area contributed by atoms with E-state index in [1.54, 1.807) is 10.8 Å². The van der Waals surface area contributed by atoms with Gasteiger partial charge in [-0.15, -0.1) is 0 Å². The van der Waals surface area contributed by atoms with Crippen molar-refractivity contribution < 1.29 is 22.4 Å². The first-order valence-electron chi connectivity index (χ1n) is 11.1. The Hall–Kier alpha value is -4.43. The summed E-state index contributed by atoms with van der Waals surface area (Å²) in [5, 5.41) is 5.69. The van der Waals surface area contributed by atoms with Gasteiger partial charge in [0.1, 0.15) is 21.9 Å². The fraction of sp³-hybridized carbons (Fsp3) is 0.0714. The summed E-state index contributed by atoms with van der Waals surface area (Å²) in [6.07, 6.45) is 6.02. The van der Waals surface area contributed by atoms with Gasteiger partial charge in [0, 0.05) is 29.0 Å². The van der Waals surface area contributed by atoms with Crippen molar-refractivity contribution >= 4 is 32.7 Å². The average Bonchev–Trinajstić information content (AvgIpc) is 3.51. The number of rotatable bonds is 7. The first-order valence-corrected chi connectivity index (χ1v) is 13.0. The van der Waals surface area contributed by atoms with E-state index in [1.165, 1.54) is 31.4 Å². The Bertz CT molecular complexity index is 1680. The lowest BCUT2D eigenvalue weighted by Crippen LogP contribution is -2.03. The molecule has 5 rings (SSSR count). The minimum Gasteiger partial charge on any atom is -0.495 e. The van der Waals surface area contributed by atoms with Gasteiger partial charge in [0.05, 0.1) is 12.8 Å². The van der Waals surface area contributed by atoms with Gasteiger partial charge < -0.3 is 9.15 Å². The van der Waals surface area contributed by atoms with E-state index in [-0.39, 0.29) is 16.4 Å². The molecule has 0 fully saturated rings. The molecule has 0 saturated carbocycles. The molecule has 0 unspecified atom stereocenters. The number of ether oxygens (including phenoxy) is 1. The number of aromatic nitrogens is 2. The molecule has 2 heterocycles. The number of hydrogen-bond acceptors (Lipinski definition) is 6. The second-order valence-electron chi connectivity index (χ2n) is 8.20. The number of nitrogens with zero attached hydrogens (tertiary/aromatic N) is 2. The summed E-state index contributed by atoms with van der Waals surface area (Å²) in [5.41, 5.74) is 3.18. The van der Waals surface area contributed by atoms with Gasteiger partial charge in [-0.2, -0.15) is 5.10 Å². The van der Waals surface area contributed by atoms with Crippen LogP contribution in [-0.4, -0.2) is 37.3 Å². The summed E-state index contributed by atoms with van der Waals surface area (Å²) in [4.78, 5) is 13.0. The quantitative estimate of drug-likeness (QED) is 0.214. The van der Waals surface area contributed by atoms with Gasteiger partial charge in [-0.25, -0.2) is 13.1 Å². The van der Waals surface area contributed by atoms with Gasteiger partial charge in [-0.3, -0.25) is 4.79 Å². The SMILES string of the molecule is COc1cc(C(=O)/C=C/c2cn(-c3ccccc3)nc2-c2cc3ccccc3o2)ccc1S(C)(=O)=O. The van der Waals surface area contributed by atoms with E-state index in [0.29, 0.717) is 22.6 Å². The third-order valence-corrected chi connectivity index (χ3v) is 6.82. The summed E-state index contributed by atoms with van der Waals surface area (Å²) in [6, 6.07) is 23.5. The molecule has 0 spiro atoms. The zero-order valence-electron chi connectivity index (χ0n) is 19.6. The predicted octanol–water partition coefficient (Wildman–Crippen LogP) is 5.59. The Morgan fingerprint density at radius 3 is 2.47 bits per heavy atom. The summed E-state index contributed by atoms with van der Waals surface area (Å²) in [7, 11) is -2.12. The van der Waals surface area contributed by atoms with Crippen LogP contribution in [0.1, 0.15) is 15.9 Å². The highest BCUT2D eigenvalue weighted by Gasteiger charge is 2.18. The molecule has 0 saturated heterocycles. The first kappa shape index (κ1) is 23.3. The van der Waals surface area contributed by atoms with E-state index in [4.69, 9.17) is 14.3 Å². The van der Waals surface area contributed by atoms with Crippen LogP contribution in [0.2, 0.25) is 0 Å². The number of benzene rings is 3. The molecular formula is C28H22N2O5S. The summed E-state index contributed by atoms with van der Waals surface area (Å²) in [5.74, 6) is 0.394. The van der Waals surface area contributed by atoms with Crippen molar-refractivity contribution in [3.8, 4) is 22.9 Å². The third-order valence-electron chi connectivity index (χ3n) is 5.68. The number of methoxy groups -OCH3 is 1. The molecule has 0 aliphatic rings. The van der Waals surface area contributed by atoms with E-state index >= 15 is 0 Å². The molecule has 0 aliphatic heterocycles. The maximum atomic E-state index is 13.0. The standard InChI is InChI=1S/C28H22N2O5S/c1-34-25-16-19(13-15-27(25)36(2,32)33)23(31)14-12-21-18-30(22-9-4-3-5-10-22)29-28(21)26-17-20-8-6-7-11-24(20)35-26/h3-18H,1-2H3/b14-12+. The Labute approximate surface area is 208 Å². The predicted molar refractivity (Wildman–Crippen MR) is 138 cm³/mol. The molecule has 180 valence electrons. The molecule has 0 amide bonds. The highest BCUT2D eigenvalue weighted by atomic mass is 32.2. The van der Waals surface area contributed by atoms with Crippen LogP contribution in [0.3, 0.4) is 0 Å². The number of carbonyl (C=O) groups is 1. The Morgan fingerprint density at radius 1 is 1.00 bits per heavy atom. The van der Waals surface area contributed by atoms with E-state index in [1.807, 2.05) is 66.9 Å². The molecule has 3 aromatic carbocycles. The van der Waals surface area contributed by atoms with E-state index in [2.05, 4.69) is 0 Å². The highest BCUT2D eigenvalue weighted by Crippen LogP contribution is 2.31. The Kier molecular flexibility index (Phi) is 6.03. The number of furan rings is 1. The molecule has 0 atom stereocenters. The summed E-state index contributed by atoms with van der Waals surface area (Å²) < 4.78 is 36.9. The lowest BCUT2D eigenvalue weighted by Gasteiger charge is -2.07. The van der Waals surface area contributed by atoms with Crippen molar-refractivity contribution in [1.29, 1.82) is 0 Å². The third kappa shape index (κ3) is 4.58. The largest absolute Gasteiger partial charge is 0.495 e. The van der Waals surface area contributed by atoms with Crippen molar-refractivity contribution in [3.05, 3.63) is 102 Å². The molecule has 36 heavy (non-hydrogen) atoms. The number of para-hydroxylation sites is 2. The van der Waals surface area contributed by atoms with Crippen LogP contribution in [0.25, 0.3) is 34.2 Å². The van der Waals surface area contributed by atoms with Gasteiger partial charge >= 0.3 is 0 Å². The zero-order chi connectivity index (χ0) is 25.3. The van der Waals surface area contributed by atoms with Gasteiger partial charge in [0.2, 0.25) is 0 Å². The smallest absolute Gasteiger partial charge is 0.185 e. The fourth-order valence-corrected chi connectivity index (χ4v) is 4.72. The summed E-state index contributed by atoms with van der Waals surface area (Å²) >= 11 is 0. The van der Waals surface area contributed by atoms with Crippen molar-refractivity contribution in [2.45, 2.75) is 4.90 Å². The highest BCUT2D eigenvalue weighted by molar-refractivity contribution is 7.90. The average molecular weight is 499 g/mol. The minimum atomic E-state index is -3.49. The second-order valence-corrected chi connectivity index (χ2v) is 10.2. The van der Waals surface area contributed by atoms with Crippen LogP contribution in [0.15, 0.2) is 100 Å². The Balaban J connectivity index is 1.54. The van der Waals surface area contributed by atoms with E-state index in [9.17, 15) is 13.2 Å². The minimum absolute atomic E-state index is 0.0295. The summed E-state index contributed by atoms with van der Waals surface area (Å²) in [6.45, 7) is 0. The van der Waals surface area contributed by atoms with Crippen LogP contribution >= 0.6 is 0 Å². The van der Waals surface area contributed by atoms with Crippen molar-refractivity contribution in [3.63, 3.8) is 0 Å². The van der Waals surface area contributed by atoms with Crippen molar-refractivity contribution in [1.82, 2.24) is 9.78 Å². The molecule has 7 nitrogen and oxygen atoms in total. The number of fused-ring (bicyclic) bond motifs is 1. The van der Waals surface area contributed by atoms with Crippen molar-refractivity contribution in [2.75, 3.05) is 13.4 Å². The van der Waals surface area contributed by atoms with E-state index < -0.39 is 9.84 Å². The van der Waals surface area contributed by atoms with Crippen LogP contribution in [0.4, 0.5) is 0 Å². The fourth-order valence-electron chi connectivity index (χ4n) is 3.90. The van der Waals surface area contributed by atoms with E-state index in [0.717, 1.165) is 22.9 Å². The molecular weight excluding hydrogens is 476 g/mol. The van der Waals surface area contributed by atoms with Gasteiger partial charge in [0.25, 0.3) is 0 Å². The topological polar surface area (TPSA) is 91.4 Å². The maximum Gasteiger partial charge on any atom is 0.185 e. The normalized spacial score (nSPS) is 11.8. The Morgan fingerprint density at radius 2 is 1.75 bits per heavy atom.